The zero-order valence-electron chi connectivity index (χ0n) is 10.5. The van der Waals surface area contributed by atoms with Crippen molar-refractivity contribution in [1.82, 2.24) is 9.80 Å². The van der Waals surface area contributed by atoms with Crippen molar-refractivity contribution >= 4 is 0 Å². The molecule has 1 saturated heterocycles. The molecule has 0 bridgehead atoms. The van der Waals surface area contributed by atoms with Crippen LogP contribution in [0.15, 0.2) is 0 Å². The van der Waals surface area contributed by atoms with Crippen LogP contribution in [0.1, 0.15) is 40.5 Å². The first-order valence-electron chi connectivity index (χ1n) is 5.98. The fourth-order valence-electron chi connectivity index (χ4n) is 2.21. The molecule has 0 N–H and O–H groups in total. The van der Waals surface area contributed by atoms with Crippen LogP contribution in [0.4, 0.5) is 0 Å². The van der Waals surface area contributed by atoms with E-state index in [1.807, 2.05) is 0 Å². The first-order chi connectivity index (χ1) is 6.52. The van der Waals surface area contributed by atoms with Crippen molar-refractivity contribution in [2.24, 2.45) is 0 Å². The molecule has 0 unspecified atom stereocenters. The van der Waals surface area contributed by atoms with Gasteiger partial charge in [-0.2, -0.15) is 0 Å². The van der Waals surface area contributed by atoms with E-state index in [-0.39, 0.29) is 0 Å². The van der Waals surface area contributed by atoms with Crippen LogP contribution in [0, 0.1) is 0 Å². The molecule has 1 heterocycles. The Hall–Kier alpha value is -0.0800. The third-order valence-electron chi connectivity index (χ3n) is 3.55. The van der Waals surface area contributed by atoms with E-state index < -0.39 is 0 Å². The average molecular weight is 198 g/mol. The molecule has 0 saturated carbocycles. The molecule has 1 aliphatic rings. The zero-order chi connectivity index (χ0) is 10.7. The predicted octanol–water partition coefficient (Wildman–Crippen LogP) is 2.20. The lowest BCUT2D eigenvalue weighted by atomic mass is 10.0. The molecule has 0 aromatic heterocycles. The van der Waals surface area contributed by atoms with Crippen LogP contribution in [-0.2, 0) is 0 Å². The summed E-state index contributed by atoms with van der Waals surface area (Å²) in [5.74, 6) is 0. The van der Waals surface area contributed by atoms with Gasteiger partial charge in [-0.1, -0.05) is 0 Å². The first-order valence-corrected chi connectivity index (χ1v) is 5.98. The zero-order valence-corrected chi connectivity index (χ0v) is 10.5. The quantitative estimate of drug-likeness (QED) is 0.686. The van der Waals surface area contributed by atoms with E-state index in [1.165, 1.54) is 25.9 Å². The molecule has 0 aliphatic carbocycles. The van der Waals surface area contributed by atoms with Crippen molar-refractivity contribution in [3.05, 3.63) is 0 Å². The maximum atomic E-state index is 2.60. The smallest absolute Gasteiger partial charge is 0.0223 e. The predicted molar refractivity (Wildman–Crippen MR) is 62.6 cm³/mol. The van der Waals surface area contributed by atoms with Crippen LogP contribution in [0.3, 0.4) is 0 Å². The molecule has 1 atom stereocenters. The van der Waals surface area contributed by atoms with Crippen LogP contribution in [-0.4, -0.2) is 48.1 Å². The van der Waals surface area contributed by atoms with E-state index in [1.54, 1.807) is 0 Å². The van der Waals surface area contributed by atoms with Gasteiger partial charge in [-0.15, -0.1) is 0 Å². The average Bonchev–Trinajstić information content (AvgIpc) is 2.16. The van der Waals surface area contributed by atoms with Crippen molar-refractivity contribution in [3.63, 3.8) is 0 Å². The van der Waals surface area contributed by atoms with Gasteiger partial charge in [0.15, 0.2) is 0 Å². The molecular weight excluding hydrogens is 172 g/mol. The summed E-state index contributed by atoms with van der Waals surface area (Å²) in [6.45, 7) is 11.7. The minimum absolute atomic E-state index is 0.673. The second kappa shape index (κ2) is 5.13. The molecule has 14 heavy (non-hydrogen) atoms. The maximum Gasteiger partial charge on any atom is 0.0223 e. The van der Waals surface area contributed by atoms with Gasteiger partial charge in [0, 0.05) is 24.7 Å². The molecule has 1 fully saturated rings. The molecule has 84 valence electrons. The summed E-state index contributed by atoms with van der Waals surface area (Å²) in [6.07, 6.45) is 2.73. The van der Waals surface area contributed by atoms with Crippen molar-refractivity contribution in [2.45, 2.75) is 58.7 Å². The lowest BCUT2D eigenvalue weighted by molar-refractivity contribution is 0.0790. The van der Waals surface area contributed by atoms with Gasteiger partial charge >= 0.3 is 0 Å². The van der Waals surface area contributed by atoms with Crippen molar-refractivity contribution < 1.29 is 0 Å². The SMILES string of the molecule is CC(C)N1CCC[C@@H](N(C)C(C)C)C1. The molecule has 1 aliphatic heterocycles. The fourth-order valence-corrected chi connectivity index (χ4v) is 2.21. The van der Waals surface area contributed by atoms with Gasteiger partial charge in [0.2, 0.25) is 0 Å². The normalized spacial score (nSPS) is 25.3. The number of hydrogen-bond donors (Lipinski definition) is 0. The van der Waals surface area contributed by atoms with Gasteiger partial charge in [-0.3, -0.25) is 9.80 Å². The number of nitrogens with zero attached hydrogens (tertiary/aromatic N) is 2. The highest BCUT2D eigenvalue weighted by Crippen LogP contribution is 2.18. The van der Waals surface area contributed by atoms with Crippen molar-refractivity contribution in [2.75, 3.05) is 20.1 Å². The van der Waals surface area contributed by atoms with E-state index in [4.69, 9.17) is 0 Å². The summed E-state index contributed by atoms with van der Waals surface area (Å²) in [6, 6.07) is 2.15. The van der Waals surface area contributed by atoms with Crippen LogP contribution in [0.25, 0.3) is 0 Å². The highest BCUT2D eigenvalue weighted by atomic mass is 15.2. The number of piperidine rings is 1. The molecule has 0 aromatic carbocycles. The first kappa shape index (κ1) is 12.0. The lowest BCUT2D eigenvalue weighted by Gasteiger charge is -2.41. The van der Waals surface area contributed by atoms with E-state index in [2.05, 4.69) is 44.5 Å². The molecule has 0 aromatic rings. The van der Waals surface area contributed by atoms with Crippen LogP contribution in [0.5, 0.6) is 0 Å². The molecular formula is C12H26N2. The Balaban J connectivity index is 2.47. The van der Waals surface area contributed by atoms with E-state index in [9.17, 15) is 0 Å². The maximum absolute atomic E-state index is 2.60. The van der Waals surface area contributed by atoms with Gasteiger partial charge in [0.25, 0.3) is 0 Å². The van der Waals surface area contributed by atoms with E-state index in [0.717, 1.165) is 6.04 Å². The van der Waals surface area contributed by atoms with Gasteiger partial charge in [-0.25, -0.2) is 0 Å². The standard InChI is InChI=1S/C12H26N2/c1-10(2)13(5)12-7-6-8-14(9-12)11(3)4/h10-12H,6-9H2,1-5H3/t12-/m1/s1. The Kier molecular flexibility index (Phi) is 4.39. The molecule has 2 nitrogen and oxygen atoms in total. The van der Waals surface area contributed by atoms with Crippen LogP contribution < -0.4 is 0 Å². The second-order valence-corrected chi connectivity index (χ2v) is 5.14. The van der Waals surface area contributed by atoms with Gasteiger partial charge in [0.1, 0.15) is 0 Å². The summed E-state index contributed by atoms with van der Waals surface area (Å²) in [4.78, 5) is 5.13. The van der Waals surface area contributed by atoms with Crippen LogP contribution >= 0.6 is 0 Å². The third kappa shape index (κ3) is 2.96. The third-order valence-corrected chi connectivity index (χ3v) is 3.55. The lowest BCUT2D eigenvalue weighted by Crippen LogP contribution is -2.50. The minimum Gasteiger partial charge on any atom is -0.300 e. The molecule has 1 rings (SSSR count). The second-order valence-electron chi connectivity index (χ2n) is 5.14. The topological polar surface area (TPSA) is 6.48 Å². The van der Waals surface area contributed by atoms with E-state index >= 15 is 0 Å². The molecule has 0 amide bonds. The monoisotopic (exact) mass is 198 g/mol. The Labute approximate surface area is 89.3 Å². The highest BCUT2D eigenvalue weighted by molar-refractivity contribution is 4.81. The Morgan fingerprint density at radius 2 is 1.86 bits per heavy atom. The van der Waals surface area contributed by atoms with Gasteiger partial charge in [-0.05, 0) is 54.1 Å². The number of rotatable bonds is 3. The Bertz CT molecular complexity index is 160. The Morgan fingerprint density at radius 3 is 2.36 bits per heavy atom. The summed E-state index contributed by atoms with van der Waals surface area (Å²) >= 11 is 0. The molecule has 0 radical (unpaired) electrons. The largest absolute Gasteiger partial charge is 0.300 e. The Morgan fingerprint density at radius 1 is 1.21 bits per heavy atom. The minimum atomic E-state index is 0.673. The summed E-state index contributed by atoms with van der Waals surface area (Å²) in [5, 5.41) is 0. The van der Waals surface area contributed by atoms with Crippen molar-refractivity contribution in [3.8, 4) is 0 Å². The number of likely N-dealkylation sites (tertiary alicyclic amines) is 1. The van der Waals surface area contributed by atoms with Crippen LogP contribution in [0.2, 0.25) is 0 Å². The summed E-state index contributed by atoms with van der Waals surface area (Å²) in [7, 11) is 2.26. The van der Waals surface area contributed by atoms with Gasteiger partial charge < -0.3 is 0 Å². The number of hydrogen-bond acceptors (Lipinski definition) is 2. The molecule has 0 spiro atoms. The summed E-state index contributed by atoms with van der Waals surface area (Å²) < 4.78 is 0. The molecule has 2 heteroatoms. The summed E-state index contributed by atoms with van der Waals surface area (Å²) in [5.41, 5.74) is 0. The van der Waals surface area contributed by atoms with Gasteiger partial charge in [0.05, 0.1) is 0 Å². The fraction of sp³-hybridized carbons (Fsp3) is 1.00. The highest BCUT2D eigenvalue weighted by Gasteiger charge is 2.25. The van der Waals surface area contributed by atoms with E-state index in [0.29, 0.717) is 12.1 Å². The van der Waals surface area contributed by atoms with Crippen molar-refractivity contribution in [1.29, 1.82) is 0 Å². The number of likely N-dealkylation sites (N-methyl/N-ethyl adjacent to an activating group) is 1.